The third-order valence-electron chi connectivity index (χ3n) is 1.78. The van der Waals surface area contributed by atoms with Crippen molar-refractivity contribution < 1.29 is 14.7 Å². The Morgan fingerprint density at radius 3 is 2.71 bits per heavy atom. The van der Waals surface area contributed by atoms with Crippen molar-refractivity contribution in [3.05, 3.63) is 23.2 Å². The van der Waals surface area contributed by atoms with Crippen LogP contribution in [-0.4, -0.2) is 33.0 Å². The van der Waals surface area contributed by atoms with Gasteiger partial charge in [0.25, 0.3) is 5.91 Å². The number of nitrogens with one attached hydrogen (secondary N) is 1. The van der Waals surface area contributed by atoms with Crippen molar-refractivity contribution in [2.24, 2.45) is 0 Å². The number of aromatic nitrogens is 2. The van der Waals surface area contributed by atoms with Crippen LogP contribution in [0.2, 0.25) is 5.15 Å². The summed E-state index contributed by atoms with van der Waals surface area (Å²) in [5.41, 5.74) is -0.0299. The molecule has 7 heteroatoms. The van der Waals surface area contributed by atoms with Crippen LogP contribution in [-0.2, 0) is 4.79 Å². The Hall–Kier alpha value is -2.13. The van der Waals surface area contributed by atoms with E-state index in [0.29, 0.717) is 0 Å². The number of amides is 1. The maximum Gasteiger partial charge on any atom is 0.327 e. The molecular weight excluding hydrogens is 246 g/mol. The Bertz CT molecular complexity index is 467. The lowest BCUT2D eigenvalue weighted by Gasteiger charge is -2.10. The van der Waals surface area contributed by atoms with Gasteiger partial charge in [-0.2, -0.15) is 0 Å². The molecule has 0 spiro atoms. The molecule has 0 aliphatic rings. The van der Waals surface area contributed by atoms with E-state index in [4.69, 9.17) is 23.1 Å². The molecule has 1 aromatic heterocycles. The largest absolute Gasteiger partial charge is 0.480 e. The zero-order chi connectivity index (χ0) is 12.8. The van der Waals surface area contributed by atoms with Gasteiger partial charge >= 0.3 is 5.97 Å². The molecule has 0 saturated carbocycles. The molecule has 0 aromatic carbocycles. The van der Waals surface area contributed by atoms with E-state index in [-0.39, 0.29) is 17.3 Å². The van der Waals surface area contributed by atoms with Gasteiger partial charge in [0.15, 0.2) is 0 Å². The van der Waals surface area contributed by atoms with Crippen molar-refractivity contribution in [2.75, 3.05) is 0 Å². The van der Waals surface area contributed by atoms with Gasteiger partial charge in [0.05, 0.1) is 12.4 Å². The number of carbonyl (C=O) groups excluding carboxylic acids is 1. The van der Waals surface area contributed by atoms with Gasteiger partial charge in [0.2, 0.25) is 0 Å². The molecule has 0 bridgehead atoms. The van der Waals surface area contributed by atoms with Gasteiger partial charge in [0, 0.05) is 6.42 Å². The highest BCUT2D eigenvalue weighted by molar-refractivity contribution is 6.29. The predicted molar refractivity (Wildman–Crippen MR) is 59.4 cm³/mol. The fourth-order valence-electron chi connectivity index (χ4n) is 0.980. The number of rotatable bonds is 4. The highest BCUT2D eigenvalue weighted by atomic mass is 35.5. The first kappa shape index (κ1) is 12.9. The second-order valence-electron chi connectivity index (χ2n) is 3.00. The number of aliphatic carboxylic acids is 1. The van der Waals surface area contributed by atoms with E-state index in [2.05, 4.69) is 21.2 Å². The van der Waals surface area contributed by atoms with Gasteiger partial charge in [-0.1, -0.05) is 11.6 Å². The van der Waals surface area contributed by atoms with Crippen molar-refractivity contribution in [1.29, 1.82) is 0 Å². The lowest BCUT2D eigenvalue weighted by Crippen LogP contribution is -2.40. The van der Waals surface area contributed by atoms with E-state index in [9.17, 15) is 9.59 Å². The van der Waals surface area contributed by atoms with Crippen LogP contribution in [0.4, 0.5) is 0 Å². The minimum atomic E-state index is -1.21. The summed E-state index contributed by atoms with van der Waals surface area (Å²) >= 11 is 5.50. The van der Waals surface area contributed by atoms with E-state index in [1.54, 1.807) is 0 Å². The number of hydrogen-bond donors (Lipinski definition) is 2. The molecule has 1 rings (SSSR count). The first-order valence-corrected chi connectivity index (χ1v) is 4.87. The van der Waals surface area contributed by atoms with Crippen LogP contribution in [0.1, 0.15) is 16.9 Å². The topological polar surface area (TPSA) is 92.2 Å². The van der Waals surface area contributed by atoms with Crippen molar-refractivity contribution in [3.63, 3.8) is 0 Å². The molecule has 0 aliphatic carbocycles. The Balaban J connectivity index is 2.74. The maximum atomic E-state index is 11.6. The van der Waals surface area contributed by atoms with Crippen LogP contribution in [0, 0.1) is 12.3 Å². The van der Waals surface area contributed by atoms with Crippen molar-refractivity contribution in [3.8, 4) is 12.3 Å². The molecule has 6 nitrogen and oxygen atoms in total. The Labute approximate surface area is 102 Å². The monoisotopic (exact) mass is 253 g/mol. The predicted octanol–water partition coefficient (Wildman–Crippen LogP) is 0.336. The van der Waals surface area contributed by atoms with Crippen LogP contribution in [0.3, 0.4) is 0 Å². The fourth-order valence-corrected chi connectivity index (χ4v) is 1.08. The zero-order valence-electron chi connectivity index (χ0n) is 8.55. The van der Waals surface area contributed by atoms with Crippen LogP contribution < -0.4 is 5.32 Å². The van der Waals surface area contributed by atoms with Gasteiger partial charge in [0.1, 0.15) is 16.9 Å². The van der Waals surface area contributed by atoms with E-state index < -0.39 is 17.9 Å². The van der Waals surface area contributed by atoms with E-state index in [1.807, 2.05) is 0 Å². The zero-order valence-corrected chi connectivity index (χ0v) is 9.31. The quantitative estimate of drug-likeness (QED) is 0.755. The molecule has 1 unspecified atom stereocenters. The fraction of sp³-hybridized carbons (Fsp3) is 0.200. The first-order chi connectivity index (χ1) is 8.04. The molecular formula is C10H8ClN3O3. The van der Waals surface area contributed by atoms with Crippen molar-refractivity contribution in [2.45, 2.75) is 12.5 Å². The molecule has 1 heterocycles. The minimum Gasteiger partial charge on any atom is -0.480 e. The second kappa shape index (κ2) is 5.82. The SMILES string of the molecule is C#CCC(NC(=O)c1cnc(Cl)cn1)C(=O)O. The Morgan fingerprint density at radius 2 is 2.24 bits per heavy atom. The molecule has 1 atom stereocenters. The number of nitrogens with zero attached hydrogens (tertiary/aromatic N) is 2. The summed E-state index contributed by atoms with van der Waals surface area (Å²) in [6.07, 6.45) is 7.22. The minimum absolute atomic E-state index is 0.0299. The molecule has 17 heavy (non-hydrogen) atoms. The molecule has 0 aliphatic heterocycles. The summed E-state index contributed by atoms with van der Waals surface area (Å²) in [5.74, 6) is 0.283. The van der Waals surface area contributed by atoms with Gasteiger partial charge in [-0.15, -0.1) is 12.3 Å². The summed E-state index contributed by atoms with van der Waals surface area (Å²) < 4.78 is 0. The highest BCUT2D eigenvalue weighted by Gasteiger charge is 2.20. The summed E-state index contributed by atoms with van der Waals surface area (Å²) in [5, 5.41) is 11.1. The lowest BCUT2D eigenvalue weighted by atomic mass is 10.2. The molecule has 0 radical (unpaired) electrons. The smallest absolute Gasteiger partial charge is 0.327 e. The average Bonchev–Trinajstić information content (AvgIpc) is 2.29. The van der Waals surface area contributed by atoms with Gasteiger partial charge in [-0.3, -0.25) is 4.79 Å². The van der Waals surface area contributed by atoms with Crippen molar-refractivity contribution >= 4 is 23.5 Å². The number of carboxylic acid groups (broad SMARTS) is 1. The Morgan fingerprint density at radius 1 is 1.53 bits per heavy atom. The summed E-state index contributed by atoms with van der Waals surface area (Å²) in [7, 11) is 0. The average molecular weight is 254 g/mol. The molecule has 0 saturated heterocycles. The number of carboxylic acids is 1. The normalized spacial score (nSPS) is 11.3. The number of terminal acetylenes is 1. The van der Waals surface area contributed by atoms with Crippen LogP contribution in [0.5, 0.6) is 0 Å². The molecule has 88 valence electrons. The number of halogens is 1. The van der Waals surface area contributed by atoms with Crippen LogP contribution in [0.15, 0.2) is 12.4 Å². The van der Waals surface area contributed by atoms with Gasteiger partial charge < -0.3 is 10.4 Å². The van der Waals surface area contributed by atoms with Crippen LogP contribution >= 0.6 is 11.6 Å². The van der Waals surface area contributed by atoms with Crippen molar-refractivity contribution in [1.82, 2.24) is 15.3 Å². The molecule has 2 N–H and O–H groups in total. The summed E-state index contributed by atoms with van der Waals surface area (Å²) in [4.78, 5) is 29.7. The molecule has 0 fully saturated rings. The lowest BCUT2D eigenvalue weighted by molar-refractivity contribution is -0.139. The van der Waals surface area contributed by atoms with Gasteiger partial charge in [-0.05, 0) is 0 Å². The van der Waals surface area contributed by atoms with Gasteiger partial charge in [-0.25, -0.2) is 14.8 Å². The maximum absolute atomic E-state index is 11.6. The summed E-state index contributed by atoms with van der Waals surface area (Å²) in [6, 6.07) is -1.15. The Kier molecular flexibility index (Phi) is 4.43. The molecule has 1 aromatic rings. The third-order valence-corrected chi connectivity index (χ3v) is 1.97. The number of hydrogen-bond acceptors (Lipinski definition) is 4. The highest BCUT2D eigenvalue weighted by Crippen LogP contribution is 2.02. The standard InChI is InChI=1S/C10H8ClN3O3/c1-2-3-6(10(16)17)14-9(15)7-4-13-8(11)5-12-7/h1,4-6H,3H2,(H,14,15)(H,16,17). The van der Waals surface area contributed by atoms with Crippen LogP contribution in [0.25, 0.3) is 0 Å². The van der Waals surface area contributed by atoms with E-state index in [0.717, 1.165) is 6.20 Å². The van der Waals surface area contributed by atoms with E-state index >= 15 is 0 Å². The van der Waals surface area contributed by atoms with E-state index in [1.165, 1.54) is 6.20 Å². The first-order valence-electron chi connectivity index (χ1n) is 4.49. The third kappa shape index (κ3) is 3.74. The summed E-state index contributed by atoms with van der Waals surface area (Å²) in [6.45, 7) is 0. The number of carbonyl (C=O) groups is 2. The second-order valence-corrected chi connectivity index (χ2v) is 3.38. The molecule has 1 amide bonds.